The molecule has 144 valence electrons. The number of ether oxygens (including phenoxy) is 1. The Bertz CT molecular complexity index is 921. The van der Waals surface area contributed by atoms with Crippen molar-refractivity contribution in [2.24, 2.45) is 0 Å². The van der Waals surface area contributed by atoms with Crippen molar-refractivity contribution < 1.29 is 22.7 Å². The van der Waals surface area contributed by atoms with Gasteiger partial charge >= 0.3 is 5.97 Å². The summed E-state index contributed by atoms with van der Waals surface area (Å²) >= 11 is 0. The van der Waals surface area contributed by atoms with Crippen LogP contribution in [0.3, 0.4) is 0 Å². The second-order valence-corrected chi connectivity index (χ2v) is 8.30. The number of sulfonamides is 1. The number of hydrogen-bond acceptors (Lipinski definition) is 5. The smallest absolute Gasteiger partial charge is 0.325 e. The van der Waals surface area contributed by atoms with E-state index in [2.05, 4.69) is 5.32 Å². The van der Waals surface area contributed by atoms with Crippen molar-refractivity contribution in [3.05, 3.63) is 65.2 Å². The molecule has 0 saturated carbocycles. The van der Waals surface area contributed by atoms with Gasteiger partial charge in [-0.3, -0.25) is 9.59 Å². The molecule has 0 heterocycles. The van der Waals surface area contributed by atoms with Crippen molar-refractivity contribution in [2.75, 3.05) is 20.6 Å². The van der Waals surface area contributed by atoms with Crippen LogP contribution >= 0.6 is 0 Å². The van der Waals surface area contributed by atoms with Crippen LogP contribution in [0.1, 0.15) is 21.5 Å². The van der Waals surface area contributed by atoms with E-state index in [9.17, 15) is 18.0 Å². The fraction of sp³-hybridized carbons (Fsp3) is 0.263. The normalized spacial score (nSPS) is 11.3. The lowest BCUT2D eigenvalue weighted by Gasteiger charge is -2.12. The van der Waals surface area contributed by atoms with Crippen LogP contribution in [-0.4, -0.2) is 45.2 Å². The van der Waals surface area contributed by atoms with Crippen molar-refractivity contribution in [3.8, 4) is 0 Å². The number of aryl methyl sites for hydroxylation is 1. The van der Waals surface area contributed by atoms with Crippen molar-refractivity contribution in [2.45, 2.75) is 18.4 Å². The Morgan fingerprint density at radius 2 is 1.74 bits per heavy atom. The second-order valence-electron chi connectivity index (χ2n) is 6.14. The average Bonchev–Trinajstić information content (AvgIpc) is 2.65. The fourth-order valence-electron chi connectivity index (χ4n) is 2.16. The van der Waals surface area contributed by atoms with Gasteiger partial charge in [-0.15, -0.1) is 0 Å². The Morgan fingerprint density at radius 1 is 1.07 bits per heavy atom. The highest BCUT2D eigenvalue weighted by Gasteiger charge is 2.19. The summed E-state index contributed by atoms with van der Waals surface area (Å²) < 4.78 is 30.4. The minimum Gasteiger partial charge on any atom is -0.460 e. The lowest BCUT2D eigenvalue weighted by atomic mass is 10.2. The summed E-state index contributed by atoms with van der Waals surface area (Å²) in [6.45, 7) is 1.77. The number of rotatable bonds is 7. The lowest BCUT2D eigenvalue weighted by molar-refractivity contribution is -0.143. The molecule has 0 aromatic heterocycles. The van der Waals surface area contributed by atoms with Gasteiger partial charge in [0.25, 0.3) is 5.91 Å². The first kappa shape index (κ1) is 20.6. The minimum atomic E-state index is -3.64. The van der Waals surface area contributed by atoms with Gasteiger partial charge in [0.2, 0.25) is 10.0 Å². The van der Waals surface area contributed by atoms with Crippen molar-refractivity contribution >= 4 is 21.9 Å². The van der Waals surface area contributed by atoms with E-state index in [1.54, 1.807) is 0 Å². The standard InChI is InChI=1S/C19H22N2O5S/c1-14-7-9-15(10-8-14)13-26-18(22)12-20-19(23)16-5-4-6-17(11-16)27(24,25)21(2)3/h4-11H,12-13H2,1-3H3,(H,20,23). The molecule has 27 heavy (non-hydrogen) atoms. The molecule has 2 rings (SSSR count). The zero-order chi connectivity index (χ0) is 20.0. The van der Waals surface area contributed by atoms with E-state index in [0.717, 1.165) is 15.4 Å². The van der Waals surface area contributed by atoms with Gasteiger partial charge in [0.05, 0.1) is 4.90 Å². The summed E-state index contributed by atoms with van der Waals surface area (Å²) in [6, 6.07) is 13.2. The van der Waals surface area contributed by atoms with Crippen LogP contribution in [0.15, 0.2) is 53.4 Å². The molecular formula is C19H22N2O5S. The van der Waals surface area contributed by atoms with E-state index in [1.165, 1.54) is 38.4 Å². The molecular weight excluding hydrogens is 368 g/mol. The van der Waals surface area contributed by atoms with Crippen LogP contribution in [0.25, 0.3) is 0 Å². The molecule has 0 atom stereocenters. The lowest BCUT2D eigenvalue weighted by Crippen LogP contribution is -2.31. The third kappa shape index (κ3) is 5.63. The van der Waals surface area contributed by atoms with Crippen LogP contribution in [0.4, 0.5) is 0 Å². The van der Waals surface area contributed by atoms with Crippen molar-refractivity contribution in [1.82, 2.24) is 9.62 Å². The van der Waals surface area contributed by atoms with E-state index in [4.69, 9.17) is 4.74 Å². The van der Waals surface area contributed by atoms with E-state index in [1.807, 2.05) is 31.2 Å². The van der Waals surface area contributed by atoms with Gasteiger partial charge in [-0.25, -0.2) is 12.7 Å². The Morgan fingerprint density at radius 3 is 2.37 bits per heavy atom. The number of benzene rings is 2. The minimum absolute atomic E-state index is 0.00194. The monoisotopic (exact) mass is 390 g/mol. The Labute approximate surface area is 159 Å². The summed E-state index contributed by atoms with van der Waals surface area (Å²) in [6.07, 6.45) is 0. The number of carbonyl (C=O) groups excluding carboxylic acids is 2. The van der Waals surface area contributed by atoms with Crippen LogP contribution in [0.2, 0.25) is 0 Å². The number of nitrogens with zero attached hydrogens (tertiary/aromatic N) is 1. The van der Waals surface area contributed by atoms with E-state index < -0.39 is 21.9 Å². The molecule has 0 spiro atoms. The average molecular weight is 390 g/mol. The summed E-state index contributed by atoms with van der Waals surface area (Å²) in [5, 5.41) is 2.43. The van der Waals surface area contributed by atoms with E-state index in [0.29, 0.717) is 0 Å². The van der Waals surface area contributed by atoms with Crippen molar-refractivity contribution in [3.63, 3.8) is 0 Å². The summed E-state index contributed by atoms with van der Waals surface area (Å²) in [4.78, 5) is 24.0. The third-order valence-electron chi connectivity index (χ3n) is 3.79. The highest BCUT2D eigenvalue weighted by molar-refractivity contribution is 7.89. The summed E-state index contributed by atoms with van der Waals surface area (Å²) in [7, 11) is -0.827. The first-order valence-corrected chi connectivity index (χ1v) is 9.66. The van der Waals surface area contributed by atoms with Crippen LogP contribution < -0.4 is 5.32 Å². The Balaban J connectivity index is 1.91. The molecule has 0 bridgehead atoms. The maximum absolute atomic E-state index is 12.2. The van der Waals surface area contributed by atoms with Gasteiger partial charge in [-0.2, -0.15) is 0 Å². The zero-order valence-corrected chi connectivity index (χ0v) is 16.2. The number of esters is 1. The first-order valence-electron chi connectivity index (χ1n) is 8.22. The SMILES string of the molecule is Cc1ccc(COC(=O)CNC(=O)c2cccc(S(=O)(=O)N(C)C)c2)cc1. The van der Waals surface area contributed by atoms with Crippen LogP contribution in [0, 0.1) is 6.92 Å². The number of amides is 1. The molecule has 1 N–H and O–H groups in total. The van der Waals surface area contributed by atoms with Gasteiger partial charge in [0.1, 0.15) is 13.2 Å². The predicted molar refractivity (Wildman–Crippen MR) is 101 cm³/mol. The molecule has 0 saturated heterocycles. The highest BCUT2D eigenvalue weighted by atomic mass is 32.2. The molecule has 0 aliphatic heterocycles. The zero-order valence-electron chi connectivity index (χ0n) is 15.4. The fourth-order valence-corrected chi connectivity index (χ4v) is 3.11. The van der Waals surface area contributed by atoms with Gasteiger partial charge < -0.3 is 10.1 Å². The van der Waals surface area contributed by atoms with E-state index in [-0.39, 0.29) is 23.6 Å². The number of nitrogens with one attached hydrogen (secondary N) is 1. The maximum atomic E-state index is 12.2. The molecule has 0 fully saturated rings. The van der Waals surface area contributed by atoms with Crippen LogP contribution in [0.5, 0.6) is 0 Å². The van der Waals surface area contributed by atoms with Gasteiger partial charge in [-0.1, -0.05) is 35.9 Å². The summed E-state index contributed by atoms with van der Waals surface area (Å²) in [5.74, 6) is -1.14. The topological polar surface area (TPSA) is 92.8 Å². The van der Waals surface area contributed by atoms with Gasteiger partial charge in [0.15, 0.2) is 0 Å². The molecule has 0 aliphatic rings. The van der Waals surface area contributed by atoms with Gasteiger partial charge in [-0.05, 0) is 30.7 Å². The maximum Gasteiger partial charge on any atom is 0.325 e. The highest BCUT2D eigenvalue weighted by Crippen LogP contribution is 2.14. The first-order chi connectivity index (χ1) is 12.7. The predicted octanol–water partition coefficient (Wildman–Crippen LogP) is 1.72. The largest absolute Gasteiger partial charge is 0.460 e. The quantitative estimate of drug-likeness (QED) is 0.727. The Kier molecular flexibility index (Phi) is 6.70. The van der Waals surface area contributed by atoms with Crippen LogP contribution in [-0.2, 0) is 26.2 Å². The molecule has 0 unspecified atom stereocenters. The molecule has 1 amide bonds. The number of hydrogen-bond donors (Lipinski definition) is 1. The molecule has 7 nitrogen and oxygen atoms in total. The molecule has 2 aromatic carbocycles. The van der Waals surface area contributed by atoms with E-state index >= 15 is 0 Å². The van der Waals surface area contributed by atoms with Crippen molar-refractivity contribution in [1.29, 1.82) is 0 Å². The van der Waals surface area contributed by atoms with Gasteiger partial charge in [0, 0.05) is 19.7 Å². The summed E-state index contributed by atoms with van der Waals surface area (Å²) in [5.41, 5.74) is 2.10. The second kappa shape index (κ2) is 8.79. The molecule has 2 aromatic rings. The number of carbonyl (C=O) groups is 2. The molecule has 0 radical (unpaired) electrons. The Hall–Kier alpha value is -2.71. The third-order valence-corrected chi connectivity index (χ3v) is 5.60. The molecule has 0 aliphatic carbocycles. The molecule has 8 heteroatoms.